The Kier molecular flexibility index (Phi) is 5.47. The van der Waals surface area contributed by atoms with Gasteiger partial charge in [0.25, 0.3) is 5.56 Å². The zero-order chi connectivity index (χ0) is 20.4. The molecule has 152 valence electrons. The molecule has 4 rings (SSSR count). The summed E-state index contributed by atoms with van der Waals surface area (Å²) in [7, 11) is 0. The molecule has 0 atom stereocenters. The molecule has 2 aromatic heterocycles. The third-order valence-electron chi connectivity index (χ3n) is 5.79. The largest absolute Gasteiger partial charge is 0.343 e. The highest BCUT2D eigenvalue weighted by Gasteiger charge is 2.25. The van der Waals surface area contributed by atoms with Crippen molar-refractivity contribution in [1.29, 1.82) is 0 Å². The van der Waals surface area contributed by atoms with Crippen molar-refractivity contribution in [3.63, 3.8) is 0 Å². The molecule has 0 radical (unpaired) electrons. The summed E-state index contributed by atoms with van der Waals surface area (Å²) in [5, 5.41) is 8.15. The van der Waals surface area contributed by atoms with Crippen LogP contribution in [0.5, 0.6) is 0 Å². The van der Waals surface area contributed by atoms with Crippen molar-refractivity contribution in [3.05, 3.63) is 58.4 Å². The van der Waals surface area contributed by atoms with Crippen LogP contribution >= 0.6 is 0 Å². The van der Waals surface area contributed by atoms with Crippen molar-refractivity contribution in [1.82, 2.24) is 24.6 Å². The maximum Gasteiger partial charge on any atom is 0.261 e. The molecule has 0 unspecified atom stereocenters. The first kappa shape index (κ1) is 19.4. The van der Waals surface area contributed by atoms with Crippen molar-refractivity contribution < 1.29 is 4.79 Å². The van der Waals surface area contributed by atoms with Crippen LogP contribution in [0.25, 0.3) is 10.9 Å². The number of aromatic amines is 1. The second-order valence-electron chi connectivity index (χ2n) is 8.07. The van der Waals surface area contributed by atoms with Crippen molar-refractivity contribution in [2.45, 2.75) is 51.5 Å². The fourth-order valence-corrected chi connectivity index (χ4v) is 3.94. The highest BCUT2D eigenvalue weighted by molar-refractivity contribution is 5.77. The summed E-state index contributed by atoms with van der Waals surface area (Å²) in [6.45, 7) is 6.11. The van der Waals surface area contributed by atoms with Gasteiger partial charge < -0.3 is 4.90 Å². The molecule has 29 heavy (non-hydrogen) atoms. The van der Waals surface area contributed by atoms with Gasteiger partial charge in [0.15, 0.2) is 0 Å². The van der Waals surface area contributed by atoms with Crippen LogP contribution < -0.4 is 5.56 Å². The number of hydrogen-bond donors (Lipinski definition) is 1. The fourth-order valence-electron chi connectivity index (χ4n) is 3.94. The summed E-state index contributed by atoms with van der Waals surface area (Å²) in [5.41, 5.74) is 2.85. The number of para-hydroxylation sites is 1. The lowest BCUT2D eigenvalue weighted by molar-refractivity contribution is -0.132. The highest BCUT2D eigenvalue weighted by atomic mass is 16.2. The Bertz CT molecular complexity index is 1060. The quantitative estimate of drug-likeness (QED) is 0.722. The van der Waals surface area contributed by atoms with Gasteiger partial charge in [-0.2, -0.15) is 5.10 Å². The van der Waals surface area contributed by atoms with Crippen LogP contribution in [0.4, 0.5) is 0 Å². The molecule has 0 bridgehead atoms. The predicted molar refractivity (Wildman–Crippen MR) is 112 cm³/mol. The Balaban J connectivity index is 1.33. The van der Waals surface area contributed by atoms with Crippen LogP contribution in [-0.2, 0) is 11.3 Å². The van der Waals surface area contributed by atoms with Crippen LogP contribution in [0.3, 0.4) is 0 Å². The number of carbonyl (C=O) groups excluding carboxylic acids is 1. The maximum absolute atomic E-state index is 12.7. The van der Waals surface area contributed by atoms with Gasteiger partial charge >= 0.3 is 0 Å². The Morgan fingerprint density at radius 3 is 2.72 bits per heavy atom. The number of amides is 1. The van der Waals surface area contributed by atoms with Crippen LogP contribution in [0.15, 0.2) is 41.5 Å². The number of aryl methyl sites for hydroxylation is 1. The number of carbonyl (C=O) groups is 1. The fraction of sp³-hybridized carbons (Fsp3) is 0.455. The number of piperidine rings is 1. The molecule has 0 aliphatic carbocycles. The monoisotopic (exact) mass is 393 g/mol. The van der Waals surface area contributed by atoms with Gasteiger partial charge in [0.2, 0.25) is 5.91 Å². The highest BCUT2D eigenvalue weighted by Crippen LogP contribution is 2.28. The number of fused-ring (bicyclic) bond motifs is 1. The van der Waals surface area contributed by atoms with Crippen molar-refractivity contribution >= 4 is 16.8 Å². The molecule has 1 aliphatic heterocycles. The standard InChI is InChI=1S/C22H27N5O2/c1-15(2)19-13-20(25-24-19)16-7-10-26(11-8-16)21(28)9-12-27-14-23-18-6-4-3-5-17(18)22(27)29/h3-6,13-16H,7-12H2,1-2H3,(H,24,25). The molecule has 1 aliphatic rings. The number of nitrogens with one attached hydrogen (secondary N) is 1. The number of benzene rings is 1. The Hall–Kier alpha value is -2.96. The first-order chi connectivity index (χ1) is 14.0. The average molecular weight is 393 g/mol. The van der Waals surface area contributed by atoms with E-state index in [4.69, 9.17) is 0 Å². The molecular weight excluding hydrogens is 366 g/mol. The van der Waals surface area contributed by atoms with Crippen molar-refractivity contribution in [3.8, 4) is 0 Å². The van der Waals surface area contributed by atoms with E-state index in [-0.39, 0.29) is 11.5 Å². The van der Waals surface area contributed by atoms with Crippen LogP contribution in [-0.4, -0.2) is 43.6 Å². The third kappa shape index (κ3) is 4.09. The van der Waals surface area contributed by atoms with Crippen LogP contribution in [0.1, 0.15) is 56.3 Å². The molecule has 7 heteroatoms. The SMILES string of the molecule is CC(C)c1cc(C2CCN(C(=O)CCn3cnc4ccccc4c3=O)CC2)[nH]n1. The lowest BCUT2D eigenvalue weighted by Gasteiger charge is -2.31. The summed E-state index contributed by atoms with van der Waals surface area (Å²) < 4.78 is 1.53. The van der Waals surface area contributed by atoms with E-state index in [0.29, 0.717) is 35.7 Å². The van der Waals surface area contributed by atoms with E-state index >= 15 is 0 Å². The van der Waals surface area contributed by atoms with E-state index in [1.54, 1.807) is 6.07 Å². The molecule has 1 aromatic carbocycles. The predicted octanol–water partition coefficient (Wildman–Crippen LogP) is 3.04. The zero-order valence-electron chi connectivity index (χ0n) is 17.0. The smallest absolute Gasteiger partial charge is 0.261 e. The molecule has 0 spiro atoms. The number of hydrogen-bond acceptors (Lipinski definition) is 4. The number of rotatable bonds is 5. The van der Waals surface area contributed by atoms with Crippen molar-refractivity contribution in [2.24, 2.45) is 0 Å². The molecule has 1 saturated heterocycles. The second-order valence-corrected chi connectivity index (χ2v) is 8.07. The van der Waals surface area contributed by atoms with Crippen LogP contribution in [0.2, 0.25) is 0 Å². The molecule has 1 amide bonds. The van der Waals surface area contributed by atoms with Gasteiger partial charge in [0.1, 0.15) is 0 Å². The molecule has 3 heterocycles. The summed E-state index contributed by atoms with van der Waals surface area (Å²) in [5.74, 6) is 0.928. The molecule has 3 aromatic rings. The summed E-state index contributed by atoms with van der Waals surface area (Å²) in [6.07, 6.45) is 3.72. The topological polar surface area (TPSA) is 83.9 Å². The first-order valence-electron chi connectivity index (χ1n) is 10.3. The van der Waals surface area contributed by atoms with Crippen LogP contribution in [0, 0.1) is 0 Å². The van der Waals surface area contributed by atoms with Crippen molar-refractivity contribution in [2.75, 3.05) is 13.1 Å². The van der Waals surface area contributed by atoms with Gasteiger partial charge in [-0.05, 0) is 37.0 Å². The number of nitrogens with zero attached hydrogens (tertiary/aromatic N) is 4. The molecule has 1 N–H and O–H groups in total. The van der Waals surface area contributed by atoms with E-state index < -0.39 is 0 Å². The average Bonchev–Trinajstić information content (AvgIpc) is 3.24. The molecule has 7 nitrogen and oxygen atoms in total. The van der Waals surface area contributed by atoms with Gasteiger partial charge in [0.05, 0.1) is 22.9 Å². The van der Waals surface area contributed by atoms with Gasteiger partial charge in [-0.3, -0.25) is 19.3 Å². The van der Waals surface area contributed by atoms with E-state index in [9.17, 15) is 9.59 Å². The van der Waals surface area contributed by atoms with Gasteiger partial charge in [-0.1, -0.05) is 26.0 Å². The van der Waals surface area contributed by atoms with E-state index in [1.165, 1.54) is 16.6 Å². The first-order valence-corrected chi connectivity index (χ1v) is 10.3. The Morgan fingerprint density at radius 2 is 2.00 bits per heavy atom. The lowest BCUT2D eigenvalue weighted by atomic mass is 9.93. The minimum atomic E-state index is -0.0951. The van der Waals surface area contributed by atoms with E-state index in [1.807, 2.05) is 23.1 Å². The van der Waals surface area contributed by atoms with Gasteiger partial charge in [-0.15, -0.1) is 0 Å². The number of aromatic nitrogens is 4. The zero-order valence-corrected chi connectivity index (χ0v) is 17.0. The maximum atomic E-state index is 12.7. The number of H-pyrrole nitrogens is 1. The molecule has 1 fully saturated rings. The number of likely N-dealkylation sites (tertiary alicyclic amines) is 1. The Labute approximate surface area is 169 Å². The van der Waals surface area contributed by atoms with E-state index in [0.717, 1.165) is 31.6 Å². The second kappa shape index (κ2) is 8.19. The molecular formula is C22H27N5O2. The molecule has 0 saturated carbocycles. The minimum absolute atomic E-state index is 0.0935. The normalized spacial score (nSPS) is 15.3. The van der Waals surface area contributed by atoms with Gasteiger partial charge in [-0.25, -0.2) is 4.98 Å². The summed E-state index contributed by atoms with van der Waals surface area (Å²) >= 11 is 0. The Morgan fingerprint density at radius 1 is 1.24 bits per heavy atom. The van der Waals surface area contributed by atoms with Gasteiger partial charge in [0, 0.05) is 37.7 Å². The summed E-state index contributed by atoms with van der Waals surface area (Å²) in [4.78, 5) is 31.4. The van der Waals surface area contributed by atoms with E-state index in [2.05, 4.69) is 35.1 Å². The lowest BCUT2D eigenvalue weighted by Crippen LogP contribution is -2.38. The summed E-state index contributed by atoms with van der Waals surface area (Å²) in [6, 6.07) is 9.44. The minimum Gasteiger partial charge on any atom is -0.343 e. The third-order valence-corrected chi connectivity index (χ3v) is 5.79.